The molecule has 2 heteroatoms. The monoisotopic (exact) mass is 273 g/mol. The van der Waals surface area contributed by atoms with E-state index in [1.165, 1.54) is 26.6 Å². The summed E-state index contributed by atoms with van der Waals surface area (Å²) in [4.78, 5) is 2.84. The standard InChI is InChI=1S/C17H23NS/c1-12-6-7-13(2)15(10-12)18-11-14-8-9-16(19-14)17(3,4)5/h6-10,18H,11H2,1-5H3. The first-order chi connectivity index (χ1) is 8.86. The van der Waals surface area contributed by atoms with Crippen LogP contribution in [-0.2, 0) is 12.0 Å². The average Bonchev–Trinajstić information content (AvgIpc) is 2.79. The second kappa shape index (κ2) is 5.38. The van der Waals surface area contributed by atoms with Gasteiger partial charge in [0.05, 0.1) is 0 Å². The van der Waals surface area contributed by atoms with Crippen LogP contribution in [0.3, 0.4) is 0 Å². The van der Waals surface area contributed by atoms with E-state index in [9.17, 15) is 0 Å². The molecule has 19 heavy (non-hydrogen) atoms. The van der Waals surface area contributed by atoms with E-state index in [-0.39, 0.29) is 5.41 Å². The smallest absolute Gasteiger partial charge is 0.0494 e. The Bertz CT molecular complexity index is 561. The van der Waals surface area contributed by atoms with Gasteiger partial charge in [-0.2, -0.15) is 0 Å². The van der Waals surface area contributed by atoms with E-state index in [1.54, 1.807) is 0 Å². The Kier molecular flexibility index (Phi) is 4.00. The molecule has 0 aliphatic carbocycles. The number of anilines is 1. The molecule has 0 amide bonds. The van der Waals surface area contributed by atoms with E-state index in [1.807, 2.05) is 11.3 Å². The summed E-state index contributed by atoms with van der Waals surface area (Å²) >= 11 is 1.91. The van der Waals surface area contributed by atoms with Crippen LogP contribution < -0.4 is 5.32 Å². The molecule has 0 saturated heterocycles. The number of hydrogen-bond donors (Lipinski definition) is 1. The Morgan fingerprint density at radius 1 is 1.05 bits per heavy atom. The topological polar surface area (TPSA) is 12.0 Å². The fraction of sp³-hybridized carbons (Fsp3) is 0.412. The molecule has 102 valence electrons. The Morgan fingerprint density at radius 2 is 1.79 bits per heavy atom. The van der Waals surface area contributed by atoms with Crippen LogP contribution in [0.25, 0.3) is 0 Å². The van der Waals surface area contributed by atoms with Gasteiger partial charge in [-0.15, -0.1) is 11.3 Å². The molecule has 1 N–H and O–H groups in total. The fourth-order valence-corrected chi connectivity index (χ4v) is 2.99. The zero-order chi connectivity index (χ0) is 14.0. The lowest BCUT2D eigenvalue weighted by Crippen LogP contribution is -2.07. The Labute approximate surface area is 120 Å². The molecule has 0 unspecified atom stereocenters. The Morgan fingerprint density at radius 3 is 2.42 bits per heavy atom. The Balaban J connectivity index is 2.06. The molecule has 2 aromatic rings. The lowest BCUT2D eigenvalue weighted by molar-refractivity contribution is 0.604. The molecule has 1 heterocycles. The molecule has 1 aromatic heterocycles. The first-order valence-electron chi connectivity index (χ1n) is 6.76. The number of aryl methyl sites for hydroxylation is 2. The summed E-state index contributed by atoms with van der Waals surface area (Å²) in [7, 11) is 0. The van der Waals surface area contributed by atoms with E-state index in [2.05, 4.69) is 70.3 Å². The zero-order valence-electron chi connectivity index (χ0n) is 12.5. The van der Waals surface area contributed by atoms with Crippen molar-refractivity contribution in [1.82, 2.24) is 0 Å². The van der Waals surface area contributed by atoms with Gasteiger partial charge in [-0.05, 0) is 48.6 Å². The van der Waals surface area contributed by atoms with Gasteiger partial charge in [0.2, 0.25) is 0 Å². The normalized spacial score (nSPS) is 11.6. The third-order valence-corrected chi connectivity index (χ3v) is 4.76. The fourth-order valence-electron chi connectivity index (χ4n) is 1.98. The van der Waals surface area contributed by atoms with E-state index in [0.717, 1.165) is 6.54 Å². The van der Waals surface area contributed by atoms with Gasteiger partial charge in [-0.1, -0.05) is 32.9 Å². The van der Waals surface area contributed by atoms with Crippen molar-refractivity contribution in [2.75, 3.05) is 5.32 Å². The molecule has 1 nitrogen and oxygen atoms in total. The van der Waals surface area contributed by atoms with E-state index >= 15 is 0 Å². The van der Waals surface area contributed by atoms with Crippen molar-refractivity contribution in [3.05, 3.63) is 51.2 Å². The summed E-state index contributed by atoms with van der Waals surface area (Å²) in [6.07, 6.45) is 0. The van der Waals surface area contributed by atoms with Crippen molar-refractivity contribution in [2.45, 2.75) is 46.6 Å². The first-order valence-corrected chi connectivity index (χ1v) is 7.58. The highest BCUT2D eigenvalue weighted by molar-refractivity contribution is 7.12. The van der Waals surface area contributed by atoms with Crippen molar-refractivity contribution in [3.63, 3.8) is 0 Å². The van der Waals surface area contributed by atoms with Crippen molar-refractivity contribution in [3.8, 4) is 0 Å². The van der Waals surface area contributed by atoms with Gasteiger partial charge in [0, 0.05) is 22.0 Å². The van der Waals surface area contributed by atoms with Gasteiger partial charge >= 0.3 is 0 Å². The maximum atomic E-state index is 3.55. The molecule has 2 rings (SSSR count). The summed E-state index contributed by atoms with van der Waals surface area (Å²) < 4.78 is 0. The number of rotatable bonds is 3. The predicted molar refractivity (Wildman–Crippen MR) is 86.3 cm³/mol. The van der Waals surface area contributed by atoms with Crippen molar-refractivity contribution < 1.29 is 0 Å². The molecule has 0 atom stereocenters. The highest BCUT2D eigenvalue weighted by Gasteiger charge is 2.15. The van der Waals surface area contributed by atoms with Gasteiger partial charge in [0.15, 0.2) is 0 Å². The van der Waals surface area contributed by atoms with Crippen LogP contribution in [0.15, 0.2) is 30.3 Å². The minimum Gasteiger partial charge on any atom is -0.380 e. The minimum atomic E-state index is 0.252. The van der Waals surface area contributed by atoms with Crippen LogP contribution in [0.1, 0.15) is 41.7 Å². The lowest BCUT2D eigenvalue weighted by atomic mass is 9.95. The molecule has 0 fully saturated rings. The molecule has 0 aliphatic heterocycles. The third-order valence-electron chi connectivity index (χ3n) is 3.25. The van der Waals surface area contributed by atoms with Crippen molar-refractivity contribution >= 4 is 17.0 Å². The second-order valence-corrected chi connectivity index (χ2v) is 7.36. The lowest BCUT2D eigenvalue weighted by Gasteiger charge is -2.15. The van der Waals surface area contributed by atoms with Gasteiger partial charge in [-0.3, -0.25) is 0 Å². The molecular weight excluding hydrogens is 250 g/mol. The maximum Gasteiger partial charge on any atom is 0.0494 e. The van der Waals surface area contributed by atoms with Crippen LogP contribution in [-0.4, -0.2) is 0 Å². The minimum absolute atomic E-state index is 0.252. The summed E-state index contributed by atoms with van der Waals surface area (Å²) in [5.74, 6) is 0. The van der Waals surface area contributed by atoms with Crippen molar-refractivity contribution in [2.24, 2.45) is 0 Å². The van der Waals surface area contributed by atoms with Gasteiger partial charge in [0.1, 0.15) is 0 Å². The highest BCUT2D eigenvalue weighted by atomic mass is 32.1. The largest absolute Gasteiger partial charge is 0.380 e. The highest BCUT2D eigenvalue weighted by Crippen LogP contribution is 2.30. The van der Waals surface area contributed by atoms with E-state index < -0.39 is 0 Å². The molecule has 0 spiro atoms. The van der Waals surface area contributed by atoms with Crippen LogP contribution in [0.5, 0.6) is 0 Å². The second-order valence-electron chi connectivity index (χ2n) is 6.19. The number of thiophene rings is 1. The Hall–Kier alpha value is -1.28. The summed E-state index contributed by atoms with van der Waals surface area (Å²) in [5.41, 5.74) is 4.10. The number of nitrogens with one attached hydrogen (secondary N) is 1. The molecule has 0 bridgehead atoms. The predicted octanol–water partition coefficient (Wildman–Crippen LogP) is 5.27. The third kappa shape index (κ3) is 3.60. The SMILES string of the molecule is Cc1ccc(C)c(NCc2ccc(C(C)(C)C)s2)c1. The summed E-state index contributed by atoms with van der Waals surface area (Å²) in [5, 5.41) is 3.55. The molecule has 0 saturated carbocycles. The number of benzene rings is 1. The molecular formula is C17H23NS. The quantitative estimate of drug-likeness (QED) is 0.802. The van der Waals surface area contributed by atoms with Crippen LogP contribution in [0.4, 0.5) is 5.69 Å². The van der Waals surface area contributed by atoms with Crippen molar-refractivity contribution in [1.29, 1.82) is 0 Å². The molecule has 0 aliphatic rings. The zero-order valence-corrected chi connectivity index (χ0v) is 13.3. The molecule has 1 aromatic carbocycles. The maximum absolute atomic E-state index is 3.55. The van der Waals surface area contributed by atoms with Gasteiger partial charge in [0.25, 0.3) is 0 Å². The average molecular weight is 273 g/mol. The molecule has 0 radical (unpaired) electrons. The van der Waals surface area contributed by atoms with Gasteiger partial charge < -0.3 is 5.32 Å². The van der Waals surface area contributed by atoms with Crippen LogP contribution in [0.2, 0.25) is 0 Å². The van der Waals surface area contributed by atoms with E-state index in [0.29, 0.717) is 0 Å². The summed E-state index contributed by atoms with van der Waals surface area (Å²) in [6, 6.07) is 11.0. The number of hydrogen-bond acceptors (Lipinski definition) is 2. The van der Waals surface area contributed by atoms with Gasteiger partial charge in [-0.25, -0.2) is 0 Å². The van der Waals surface area contributed by atoms with E-state index in [4.69, 9.17) is 0 Å². The van der Waals surface area contributed by atoms with Crippen LogP contribution in [0, 0.1) is 13.8 Å². The van der Waals surface area contributed by atoms with Crippen LogP contribution >= 0.6 is 11.3 Å². The summed E-state index contributed by atoms with van der Waals surface area (Å²) in [6.45, 7) is 12.0. The first kappa shape index (κ1) is 14.1.